The SMILES string of the molecule is C=CC[C@@H]1C[C@@H]1CCC. The molecule has 0 unspecified atom stereocenters. The topological polar surface area (TPSA) is 0 Å². The molecule has 9 heavy (non-hydrogen) atoms. The first-order valence-electron chi connectivity index (χ1n) is 3.99. The molecule has 0 aromatic carbocycles. The number of allylic oxidation sites excluding steroid dienone is 1. The molecule has 0 saturated heterocycles. The molecule has 1 aliphatic carbocycles. The first kappa shape index (κ1) is 6.85. The maximum absolute atomic E-state index is 3.74. The second kappa shape index (κ2) is 3.05. The summed E-state index contributed by atoms with van der Waals surface area (Å²) in [7, 11) is 0. The van der Waals surface area contributed by atoms with Gasteiger partial charge in [-0.15, -0.1) is 6.58 Å². The number of rotatable bonds is 4. The first-order valence-corrected chi connectivity index (χ1v) is 3.99. The molecular weight excluding hydrogens is 108 g/mol. The van der Waals surface area contributed by atoms with E-state index in [-0.39, 0.29) is 0 Å². The van der Waals surface area contributed by atoms with E-state index < -0.39 is 0 Å². The zero-order chi connectivity index (χ0) is 6.69. The Labute approximate surface area is 58.0 Å². The Morgan fingerprint density at radius 1 is 1.56 bits per heavy atom. The fourth-order valence-corrected chi connectivity index (χ4v) is 1.54. The lowest BCUT2D eigenvalue weighted by Gasteiger charge is -1.91. The molecule has 0 aromatic heterocycles. The van der Waals surface area contributed by atoms with Gasteiger partial charge in [-0.05, 0) is 24.7 Å². The zero-order valence-electron chi connectivity index (χ0n) is 6.27. The van der Waals surface area contributed by atoms with Crippen LogP contribution in [0.5, 0.6) is 0 Å². The van der Waals surface area contributed by atoms with Gasteiger partial charge >= 0.3 is 0 Å². The lowest BCUT2D eigenvalue weighted by atomic mass is 10.2. The maximum Gasteiger partial charge on any atom is -0.0322 e. The van der Waals surface area contributed by atoms with Crippen LogP contribution in [0.4, 0.5) is 0 Å². The van der Waals surface area contributed by atoms with Gasteiger partial charge in [0.15, 0.2) is 0 Å². The zero-order valence-corrected chi connectivity index (χ0v) is 6.27. The lowest BCUT2D eigenvalue weighted by molar-refractivity contribution is 0.637. The van der Waals surface area contributed by atoms with E-state index in [9.17, 15) is 0 Å². The van der Waals surface area contributed by atoms with Crippen molar-refractivity contribution < 1.29 is 0 Å². The average molecular weight is 124 g/mol. The Morgan fingerprint density at radius 2 is 2.33 bits per heavy atom. The summed E-state index contributed by atoms with van der Waals surface area (Å²) < 4.78 is 0. The third-order valence-corrected chi connectivity index (χ3v) is 2.20. The van der Waals surface area contributed by atoms with Crippen LogP contribution in [0.25, 0.3) is 0 Å². The predicted octanol–water partition coefficient (Wildman–Crippen LogP) is 3.00. The normalized spacial score (nSPS) is 32.1. The van der Waals surface area contributed by atoms with Gasteiger partial charge in [0.25, 0.3) is 0 Å². The van der Waals surface area contributed by atoms with Gasteiger partial charge in [-0.25, -0.2) is 0 Å². The highest BCUT2D eigenvalue weighted by Gasteiger charge is 2.33. The Balaban J connectivity index is 2.02. The van der Waals surface area contributed by atoms with Crippen LogP contribution in [-0.2, 0) is 0 Å². The van der Waals surface area contributed by atoms with Gasteiger partial charge in [-0.1, -0.05) is 25.8 Å². The molecule has 0 amide bonds. The van der Waals surface area contributed by atoms with E-state index in [2.05, 4.69) is 19.6 Å². The lowest BCUT2D eigenvalue weighted by Crippen LogP contribution is -1.78. The van der Waals surface area contributed by atoms with Crippen molar-refractivity contribution in [1.29, 1.82) is 0 Å². The third-order valence-electron chi connectivity index (χ3n) is 2.20. The van der Waals surface area contributed by atoms with E-state index in [0.29, 0.717) is 0 Å². The quantitative estimate of drug-likeness (QED) is 0.505. The van der Waals surface area contributed by atoms with Crippen LogP contribution < -0.4 is 0 Å². The van der Waals surface area contributed by atoms with Crippen molar-refractivity contribution in [2.45, 2.75) is 32.6 Å². The van der Waals surface area contributed by atoms with Gasteiger partial charge in [0, 0.05) is 0 Å². The monoisotopic (exact) mass is 124 g/mol. The van der Waals surface area contributed by atoms with Crippen molar-refractivity contribution in [1.82, 2.24) is 0 Å². The molecule has 0 radical (unpaired) electrons. The molecule has 1 rings (SSSR count). The van der Waals surface area contributed by atoms with E-state index >= 15 is 0 Å². The van der Waals surface area contributed by atoms with Crippen LogP contribution in [0.2, 0.25) is 0 Å². The first-order chi connectivity index (χ1) is 4.38. The number of hydrogen-bond acceptors (Lipinski definition) is 0. The van der Waals surface area contributed by atoms with Crippen LogP contribution in [-0.4, -0.2) is 0 Å². The average Bonchev–Trinajstić information content (AvgIpc) is 2.50. The smallest absolute Gasteiger partial charge is 0.0322 e. The van der Waals surface area contributed by atoms with Crippen LogP contribution in [0.15, 0.2) is 12.7 Å². The molecule has 0 N–H and O–H groups in total. The summed E-state index contributed by atoms with van der Waals surface area (Å²) >= 11 is 0. The molecule has 2 atom stereocenters. The summed E-state index contributed by atoms with van der Waals surface area (Å²) in [6, 6.07) is 0. The molecule has 1 aliphatic rings. The fourth-order valence-electron chi connectivity index (χ4n) is 1.54. The van der Waals surface area contributed by atoms with Crippen LogP contribution >= 0.6 is 0 Å². The Bertz CT molecular complexity index is 94.2. The van der Waals surface area contributed by atoms with Crippen molar-refractivity contribution in [2.24, 2.45) is 11.8 Å². The molecule has 0 aromatic rings. The molecule has 1 saturated carbocycles. The standard InChI is InChI=1S/C9H16/c1-3-5-8-7-9(8)6-4-2/h3,8-9H,1,4-7H2,2H3/t8-,9+/m1/s1. The maximum atomic E-state index is 3.74. The minimum atomic E-state index is 1.02. The molecule has 0 bridgehead atoms. The van der Waals surface area contributed by atoms with Gasteiger partial charge < -0.3 is 0 Å². The summed E-state index contributed by atoms with van der Waals surface area (Å²) in [5.41, 5.74) is 0. The second-order valence-corrected chi connectivity index (χ2v) is 3.07. The second-order valence-electron chi connectivity index (χ2n) is 3.07. The van der Waals surface area contributed by atoms with Crippen molar-refractivity contribution in [3.05, 3.63) is 12.7 Å². The van der Waals surface area contributed by atoms with E-state index in [0.717, 1.165) is 11.8 Å². The molecule has 0 nitrogen and oxygen atoms in total. The third kappa shape index (κ3) is 1.85. The molecule has 52 valence electrons. The summed E-state index contributed by atoms with van der Waals surface area (Å²) in [5, 5.41) is 0. The Hall–Kier alpha value is -0.260. The van der Waals surface area contributed by atoms with E-state index in [1.54, 1.807) is 0 Å². The predicted molar refractivity (Wildman–Crippen MR) is 41.3 cm³/mol. The fraction of sp³-hybridized carbons (Fsp3) is 0.778. The highest BCUT2D eigenvalue weighted by Crippen LogP contribution is 2.44. The van der Waals surface area contributed by atoms with Gasteiger partial charge in [0.05, 0.1) is 0 Å². The van der Waals surface area contributed by atoms with Crippen molar-refractivity contribution in [3.8, 4) is 0 Å². The Kier molecular flexibility index (Phi) is 2.32. The summed E-state index contributed by atoms with van der Waals surface area (Å²) in [6.45, 7) is 6.00. The van der Waals surface area contributed by atoms with E-state index in [4.69, 9.17) is 0 Å². The molecular formula is C9H16. The number of hydrogen-bond donors (Lipinski definition) is 0. The molecule has 0 spiro atoms. The minimum Gasteiger partial charge on any atom is -0.103 e. The van der Waals surface area contributed by atoms with Crippen molar-refractivity contribution >= 4 is 0 Å². The van der Waals surface area contributed by atoms with Crippen LogP contribution in [0.3, 0.4) is 0 Å². The summed E-state index contributed by atoms with van der Waals surface area (Å²) in [6.07, 6.45) is 7.58. The van der Waals surface area contributed by atoms with Crippen LogP contribution in [0, 0.1) is 11.8 Å². The Morgan fingerprint density at radius 3 is 2.89 bits per heavy atom. The molecule has 0 heterocycles. The van der Waals surface area contributed by atoms with Gasteiger partial charge in [-0.3, -0.25) is 0 Å². The highest BCUT2D eigenvalue weighted by atomic mass is 14.4. The summed E-state index contributed by atoms with van der Waals surface area (Å²) in [5.74, 6) is 2.08. The minimum absolute atomic E-state index is 1.02. The van der Waals surface area contributed by atoms with Gasteiger partial charge in [-0.2, -0.15) is 0 Å². The largest absolute Gasteiger partial charge is 0.103 e. The molecule has 1 fully saturated rings. The summed E-state index contributed by atoms with van der Waals surface area (Å²) in [4.78, 5) is 0. The van der Waals surface area contributed by atoms with Gasteiger partial charge in [0.2, 0.25) is 0 Å². The molecule has 0 heteroatoms. The van der Waals surface area contributed by atoms with Gasteiger partial charge in [0.1, 0.15) is 0 Å². The van der Waals surface area contributed by atoms with Crippen LogP contribution in [0.1, 0.15) is 32.6 Å². The highest BCUT2D eigenvalue weighted by molar-refractivity contribution is 4.90. The van der Waals surface area contributed by atoms with Crippen molar-refractivity contribution in [3.63, 3.8) is 0 Å². The van der Waals surface area contributed by atoms with E-state index in [1.807, 2.05) is 0 Å². The van der Waals surface area contributed by atoms with Crippen molar-refractivity contribution in [2.75, 3.05) is 0 Å². The van der Waals surface area contributed by atoms with E-state index in [1.165, 1.54) is 25.7 Å². The molecule has 0 aliphatic heterocycles.